The molecule has 8 heteroatoms. The van der Waals surface area contributed by atoms with Crippen LogP contribution in [0.25, 0.3) is 17.1 Å². The molecule has 0 saturated heterocycles. The highest BCUT2D eigenvalue weighted by molar-refractivity contribution is 7.12. The van der Waals surface area contributed by atoms with Crippen molar-refractivity contribution in [2.75, 3.05) is 12.4 Å². The molecular formula is C23H22N4O3S. The average molecular weight is 435 g/mol. The fraction of sp³-hybridized carbons (Fsp3) is 0.174. The molecule has 0 aliphatic heterocycles. The van der Waals surface area contributed by atoms with E-state index >= 15 is 0 Å². The highest BCUT2D eigenvalue weighted by atomic mass is 32.1. The van der Waals surface area contributed by atoms with Crippen LogP contribution in [0.3, 0.4) is 0 Å². The van der Waals surface area contributed by atoms with Crippen molar-refractivity contribution in [3.63, 3.8) is 0 Å². The van der Waals surface area contributed by atoms with E-state index in [9.17, 15) is 4.79 Å². The van der Waals surface area contributed by atoms with Crippen molar-refractivity contribution in [3.05, 3.63) is 70.9 Å². The Morgan fingerprint density at radius 3 is 2.42 bits per heavy atom. The van der Waals surface area contributed by atoms with Crippen LogP contribution in [0.15, 0.2) is 66.0 Å². The second-order valence-electron chi connectivity index (χ2n) is 7.00. The molecule has 0 bridgehead atoms. The Morgan fingerprint density at radius 1 is 1.06 bits per heavy atom. The predicted octanol–water partition coefficient (Wildman–Crippen LogP) is 5.04. The van der Waals surface area contributed by atoms with Gasteiger partial charge in [0.1, 0.15) is 5.75 Å². The number of benzene rings is 2. The first kappa shape index (κ1) is 20.6. The zero-order chi connectivity index (χ0) is 21.8. The standard InChI is InChI=1S/C23H22N4O3S/c1-15(2)30-23-25-21(16-6-12-19(29-3)13-7-16)27(26-23)18-10-8-17(9-11-18)24-22(28)20-5-4-14-31-20/h4-15H,1-3H3,(H,24,28). The molecule has 2 aromatic carbocycles. The number of aromatic nitrogens is 3. The van der Waals surface area contributed by atoms with Crippen LogP contribution in [-0.2, 0) is 0 Å². The summed E-state index contributed by atoms with van der Waals surface area (Å²) in [7, 11) is 1.63. The largest absolute Gasteiger partial charge is 0.497 e. The van der Waals surface area contributed by atoms with E-state index < -0.39 is 0 Å². The first-order chi connectivity index (χ1) is 15.0. The lowest BCUT2D eigenvalue weighted by molar-refractivity contribution is 0.103. The maximum Gasteiger partial charge on any atom is 0.336 e. The van der Waals surface area contributed by atoms with E-state index in [1.807, 2.05) is 73.8 Å². The van der Waals surface area contributed by atoms with Crippen LogP contribution in [0.1, 0.15) is 23.5 Å². The highest BCUT2D eigenvalue weighted by Crippen LogP contribution is 2.26. The average Bonchev–Trinajstić information content (AvgIpc) is 3.44. The third-order valence-electron chi connectivity index (χ3n) is 4.39. The van der Waals surface area contributed by atoms with E-state index in [1.54, 1.807) is 17.9 Å². The molecule has 0 aliphatic rings. The van der Waals surface area contributed by atoms with Gasteiger partial charge in [-0.3, -0.25) is 4.79 Å². The summed E-state index contributed by atoms with van der Waals surface area (Å²) in [6.07, 6.45) is -0.0468. The minimum Gasteiger partial charge on any atom is -0.497 e. The smallest absolute Gasteiger partial charge is 0.336 e. The van der Waals surface area contributed by atoms with E-state index in [0.717, 1.165) is 17.0 Å². The zero-order valence-electron chi connectivity index (χ0n) is 17.4. The van der Waals surface area contributed by atoms with Crippen molar-refractivity contribution in [1.29, 1.82) is 0 Å². The molecule has 0 unspecified atom stereocenters. The van der Waals surface area contributed by atoms with Gasteiger partial charge in [0.25, 0.3) is 5.91 Å². The maximum atomic E-state index is 12.3. The van der Waals surface area contributed by atoms with Crippen LogP contribution in [0, 0.1) is 0 Å². The second kappa shape index (κ2) is 9.01. The number of methoxy groups -OCH3 is 1. The summed E-state index contributed by atoms with van der Waals surface area (Å²) in [4.78, 5) is 17.5. The first-order valence-corrected chi connectivity index (χ1v) is 10.6. The Balaban J connectivity index is 1.64. The molecule has 0 spiro atoms. The number of hydrogen-bond donors (Lipinski definition) is 1. The van der Waals surface area contributed by atoms with Gasteiger partial charge in [0.15, 0.2) is 5.82 Å². The van der Waals surface area contributed by atoms with Crippen LogP contribution in [0.5, 0.6) is 11.8 Å². The number of carbonyl (C=O) groups is 1. The van der Waals surface area contributed by atoms with E-state index in [4.69, 9.17) is 9.47 Å². The van der Waals surface area contributed by atoms with E-state index in [-0.39, 0.29) is 12.0 Å². The molecule has 7 nitrogen and oxygen atoms in total. The molecule has 0 fully saturated rings. The Morgan fingerprint density at radius 2 is 1.81 bits per heavy atom. The lowest BCUT2D eigenvalue weighted by Gasteiger charge is -2.08. The van der Waals surface area contributed by atoms with Crippen LogP contribution < -0.4 is 14.8 Å². The number of ether oxygens (including phenoxy) is 2. The summed E-state index contributed by atoms with van der Waals surface area (Å²) in [5.74, 6) is 1.28. The molecule has 31 heavy (non-hydrogen) atoms. The molecule has 0 atom stereocenters. The van der Waals surface area contributed by atoms with Gasteiger partial charge in [0.2, 0.25) is 0 Å². The number of thiophene rings is 1. The molecule has 4 rings (SSSR count). The van der Waals surface area contributed by atoms with Crippen molar-refractivity contribution >= 4 is 22.9 Å². The summed E-state index contributed by atoms with van der Waals surface area (Å²) < 4.78 is 12.7. The van der Waals surface area contributed by atoms with Gasteiger partial charge in [0.05, 0.1) is 23.8 Å². The monoisotopic (exact) mass is 434 g/mol. The van der Waals surface area contributed by atoms with Crippen LogP contribution >= 0.6 is 11.3 Å². The van der Waals surface area contributed by atoms with Gasteiger partial charge in [-0.05, 0) is 73.8 Å². The lowest BCUT2D eigenvalue weighted by Crippen LogP contribution is -2.10. The Hall–Kier alpha value is -3.65. The number of carbonyl (C=O) groups excluding carboxylic acids is 1. The minimum atomic E-state index is -0.130. The summed E-state index contributed by atoms with van der Waals surface area (Å²) in [6, 6.07) is 19.0. The van der Waals surface area contributed by atoms with Crippen LogP contribution in [0.4, 0.5) is 5.69 Å². The highest BCUT2D eigenvalue weighted by Gasteiger charge is 2.16. The molecular weight excluding hydrogens is 412 g/mol. The predicted molar refractivity (Wildman–Crippen MR) is 121 cm³/mol. The molecule has 0 saturated carbocycles. The fourth-order valence-electron chi connectivity index (χ4n) is 2.95. The van der Waals surface area contributed by atoms with Crippen LogP contribution in [-0.4, -0.2) is 33.9 Å². The summed E-state index contributed by atoms with van der Waals surface area (Å²) in [5.41, 5.74) is 2.37. The number of amides is 1. The fourth-order valence-corrected chi connectivity index (χ4v) is 3.57. The van der Waals surface area contributed by atoms with Crippen LogP contribution in [0.2, 0.25) is 0 Å². The molecule has 0 radical (unpaired) electrons. The van der Waals surface area contributed by atoms with Crippen molar-refractivity contribution in [3.8, 4) is 28.8 Å². The van der Waals surface area contributed by atoms with Crippen molar-refractivity contribution in [2.24, 2.45) is 0 Å². The SMILES string of the molecule is COc1ccc(-c2nc(OC(C)C)nn2-c2ccc(NC(=O)c3cccs3)cc2)cc1. The second-order valence-corrected chi connectivity index (χ2v) is 7.95. The van der Waals surface area contributed by atoms with E-state index in [1.165, 1.54) is 11.3 Å². The molecule has 2 aromatic heterocycles. The number of rotatable bonds is 7. The third-order valence-corrected chi connectivity index (χ3v) is 5.26. The first-order valence-electron chi connectivity index (χ1n) is 9.77. The number of hydrogen-bond acceptors (Lipinski definition) is 6. The van der Waals surface area contributed by atoms with Gasteiger partial charge in [-0.15, -0.1) is 16.4 Å². The number of anilines is 1. The van der Waals surface area contributed by atoms with Gasteiger partial charge in [0, 0.05) is 11.3 Å². The molecule has 158 valence electrons. The van der Waals surface area contributed by atoms with Gasteiger partial charge >= 0.3 is 6.01 Å². The Kier molecular flexibility index (Phi) is 5.99. The quantitative estimate of drug-likeness (QED) is 0.441. The zero-order valence-corrected chi connectivity index (χ0v) is 18.2. The summed E-state index contributed by atoms with van der Waals surface area (Å²) in [5, 5.41) is 9.31. The summed E-state index contributed by atoms with van der Waals surface area (Å²) in [6.45, 7) is 3.86. The Bertz CT molecular complexity index is 1150. The number of nitrogens with zero attached hydrogens (tertiary/aromatic N) is 3. The van der Waals surface area contributed by atoms with E-state index in [0.29, 0.717) is 22.4 Å². The van der Waals surface area contributed by atoms with E-state index in [2.05, 4.69) is 15.4 Å². The number of nitrogens with one attached hydrogen (secondary N) is 1. The molecule has 2 heterocycles. The lowest BCUT2D eigenvalue weighted by atomic mass is 10.2. The third kappa shape index (κ3) is 4.75. The van der Waals surface area contributed by atoms with Crippen molar-refractivity contribution in [2.45, 2.75) is 20.0 Å². The Labute approximate surface area is 184 Å². The normalized spacial score (nSPS) is 10.8. The summed E-state index contributed by atoms with van der Waals surface area (Å²) >= 11 is 1.40. The topological polar surface area (TPSA) is 78.3 Å². The van der Waals surface area contributed by atoms with Gasteiger partial charge < -0.3 is 14.8 Å². The minimum absolute atomic E-state index is 0.0468. The molecule has 0 aliphatic carbocycles. The van der Waals surface area contributed by atoms with Crippen molar-refractivity contribution in [1.82, 2.24) is 14.8 Å². The molecule has 1 amide bonds. The molecule has 1 N–H and O–H groups in total. The van der Waals surface area contributed by atoms with Gasteiger partial charge in [-0.2, -0.15) is 4.98 Å². The van der Waals surface area contributed by atoms with Gasteiger partial charge in [-0.25, -0.2) is 4.68 Å². The molecule has 4 aromatic rings. The van der Waals surface area contributed by atoms with Gasteiger partial charge in [-0.1, -0.05) is 6.07 Å². The maximum absolute atomic E-state index is 12.3. The van der Waals surface area contributed by atoms with Crippen molar-refractivity contribution < 1.29 is 14.3 Å².